The number of benzene rings is 2. The van der Waals surface area contributed by atoms with Crippen molar-refractivity contribution in [1.82, 2.24) is 0 Å². The Labute approximate surface area is 91.0 Å². The lowest BCUT2D eigenvalue weighted by Gasteiger charge is -2.11. The summed E-state index contributed by atoms with van der Waals surface area (Å²) in [6.45, 7) is 0. The molecule has 2 heteroatoms. The fraction of sp³-hybridized carbons (Fsp3) is 0.0769. The summed E-state index contributed by atoms with van der Waals surface area (Å²) >= 11 is 0. The fourth-order valence-electron chi connectivity index (χ4n) is 1.60. The van der Waals surface area contributed by atoms with Crippen molar-refractivity contribution in [1.29, 1.82) is 0 Å². The van der Waals surface area contributed by atoms with E-state index in [1.807, 2.05) is 60.7 Å². The monoisotopic (exact) mass is 215 g/mol. The quantitative estimate of drug-likeness (QED) is 0.685. The van der Waals surface area contributed by atoms with E-state index >= 15 is 0 Å². The van der Waals surface area contributed by atoms with Gasteiger partial charge in [-0.15, -0.1) is 0 Å². The van der Waals surface area contributed by atoms with Crippen molar-refractivity contribution in [2.24, 2.45) is 0 Å². The highest BCUT2D eigenvalue weighted by molar-refractivity contribution is 6.85. The van der Waals surface area contributed by atoms with Gasteiger partial charge in [0.15, 0.2) is 8.80 Å². The predicted octanol–water partition coefficient (Wildman–Crippen LogP) is 1.80. The maximum atomic E-state index is 13.1. The van der Waals surface area contributed by atoms with Gasteiger partial charge >= 0.3 is 0 Å². The van der Waals surface area contributed by atoms with Crippen molar-refractivity contribution >= 4 is 19.2 Å². The topological polar surface area (TPSA) is 0 Å². The van der Waals surface area contributed by atoms with Crippen LogP contribution in [0.1, 0.15) is 0 Å². The number of hydrogen-bond donors (Lipinski definition) is 0. The maximum absolute atomic E-state index is 13.1. The van der Waals surface area contributed by atoms with Crippen LogP contribution in [0, 0.1) is 0 Å². The Morgan fingerprint density at radius 1 is 0.733 bits per heavy atom. The molecule has 0 aliphatic heterocycles. The number of halogens is 1. The zero-order valence-corrected chi connectivity index (χ0v) is 9.36. The molecular weight excluding hydrogens is 203 g/mol. The van der Waals surface area contributed by atoms with Crippen LogP contribution in [0.2, 0.25) is 0 Å². The van der Waals surface area contributed by atoms with Crippen LogP contribution in [0.4, 0.5) is 4.39 Å². The van der Waals surface area contributed by atoms with Crippen LogP contribution in [0.15, 0.2) is 60.7 Å². The van der Waals surface area contributed by atoms with E-state index in [1.54, 1.807) is 0 Å². The summed E-state index contributed by atoms with van der Waals surface area (Å²) in [7, 11) is -1.21. The van der Waals surface area contributed by atoms with Gasteiger partial charge in [0.2, 0.25) is 0 Å². The molecule has 2 aromatic carbocycles. The van der Waals surface area contributed by atoms with E-state index in [2.05, 4.69) is 0 Å². The molecule has 0 saturated carbocycles. The van der Waals surface area contributed by atoms with E-state index < -0.39 is 8.80 Å². The fourth-order valence-corrected chi connectivity index (χ4v) is 3.43. The third-order valence-corrected chi connectivity index (χ3v) is 4.71. The standard InChI is InChI=1S/C13H12FSi/c14-11-15(12-7-3-1-4-8-12)13-9-5-2-6-10-13/h1-10H,11H2. The smallest absolute Gasteiger partial charge is 0.157 e. The summed E-state index contributed by atoms with van der Waals surface area (Å²) in [4.78, 5) is 0. The van der Waals surface area contributed by atoms with Gasteiger partial charge in [0.05, 0.1) is 6.30 Å². The highest BCUT2D eigenvalue weighted by Crippen LogP contribution is 1.93. The predicted molar refractivity (Wildman–Crippen MR) is 63.9 cm³/mol. The Kier molecular flexibility index (Phi) is 3.30. The van der Waals surface area contributed by atoms with Crippen molar-refractivity contribution in [2.45, 2.75) is 0 Å². The van der Waals surface area contributed by atoms with Gasteiger partial charge in [0.25, 0.3) is 0 Å². The largest absolute Gasteiger partial charge is 0.254 e. The second kappa shape index (κ2) is 4.89. The lowest BCUT2D eigenvalue weighted by molar-refractivity contribution is 0.592. The molecule has 0 bridgehead atoms. The van der Waals surface area contributed by atoms with Crippen molar-refractivity contribution in [3.8, 4) is 0 Å². The van der Waals surface area contributed by atoms with Crippen molar-refractivity contribution in [3.63, 3.8) is 0 Å². The van der Waals surface area contributed by atoms with Crippen molar-refractivity contribution in [2.75, 3.05) is 6.30 Å². The van der Waals surface area contributed by atoms with Gasteiger partial charge in [-0.05, 0) is 0 Å². The summed E-state index contributed by atoms with van der Waals surface area (Å²) in [6.07, 6.45) is -0.251. The highest BCUT2D eigenvalue weighted by Gasteiger charge is 2.15. The SMILES string of the molecule is FC[Si](c1ccccc1)c1ccccc1. The lowest BCUT2D eigenvalue weighted by Crippen LogP contribution is -2.44. The average Bonchev–Trinajstić information content (AvgIpc) is 2.33. The minimum absolute atomic E-state index is 0.251. The average molecular weight is 215 g/mol. The van der Waals surface area contributed by atoms with Crippen LogP contribution in [0.5, 0.6) is 0 Å². The van der Waals surface area contributed by atoms with E-state index in [0.717, 1.165) is 10.4 Å². The second-order valence-corrected chi connectivity index (χ2v) is 5.72. The van der Waals surface area contributed by atoms with Crippen LogP contribution < -0.4 is 10.4 Å². The van der Waals surface area contributed by atoms with Gasteiger partial charge < -0.3 is 0 Å². The number of rotatable bonds is 3. The molecule has 0 fully saturated rings. The first-order valence-electron chi connectivity index (χ1n) is 4.94. The van der Waals surface area contributed by atoms with Crippen LogP contribution in [-0.4, -0.2) is 15.1 Å². The zero-order valence-electron chi connectivity index (χ0n) is 8.36. The first kappa shape index (κ1) is 10.1. The van der Waals surface area contributed by atoms with Gasteiger partial charge in [-0.3, -0.25) is 4.39 Å². The summed E-state index contributed by atoms with van der Waals surface area (Å²) in [5.41, 5.74) is 0. The van der Waals surface area contributed by atoms with Crippen LogP contribution >= 0.6 is 0 Å². The lowest BCUT2D eigenvalue weighted by atomic mass is 10.4. The first-order chi connectivity index (χ1) is 7.42. The highest BCUT2D eigenvalue weighted by atomic mass is 28.3. The Morgan fingerprint density at radius 3 is 1.47 bits per heavy atom. The van der Waals surface area contributed by atoms with Gasteiger partial charge in [-0.2, -0.15) is 0 Å². The van der Waals surface area contributed by atoms with E-state index in [1.165, 1.54) is 0 Å². The van der Waals surface area contributed by atoms with Crippen molar-refractivity contribution < 1.29 is 4.39 Å². The molecule has 0 aliphatic rings. The Bertz CT molecular complexity index is 360. The number of alkyl halides is 1. The van der Waals surface area contributed by atoms with E-state index in [4.69, 9.17) is 0 Å². The molecule has 2 aromatic rings. The minimum Gasteiger partial charge on any atom is -0.254 e. The molecule has 0 N–H and O–H groups in total. The van der Waals surface area contributed by atoms with Gasteiger partial charge in [-0.1, -0.05) is 71.0 Å². The molecule has 0 aromatic heterocycles. The number of hydrogen-bond acceptors (Lipinski definition) is 0. The molecule has 0 heterocycles. The van der Waals surface area contributed by atoms with E-state index in [0.29, 0.717) is 0 Å². The molecule has 0 amide bonds. The maximum Gasteiger partial charge on any atom is 0.157 e. The Balaban J connectivity index is 2.34. The molecule has 0 saturated heterocycles. The molecule has 0 aliphatic carbocycles. The molecule has 15 heavy (non-hydrogen) atoms. The van der Waals surface area contributed by atoms with Crippen LogP contribution in [0.3, 0.4) is 0 Å². The Morgan fingerprint density at radius 2 is 1.13 bits per heavy atom. The van der Waals surface area contributed by atoms with Crippen molar-refractivity contribution in [3.05, 3.63) is 60.7 Å². The summed E-state index contributed by atoms with van der Waals surface area (Å²) < 4.78 is 13.1. The van der Waals surface area contributed by atoms with E-state index in [9.17, 15) is 4.39 Å². The summed E-state index contributed by atoms with van der Waals surface area (Å²) in [6, 6.07) is 19.9. The van der Waals surface area contributed by atoms with E-state index in [-0.39, 0.29) is 6.30 Å². The van der Waals surface area contributed by atoms with Gasteiger partial charge in [-0.25, -0.2) is 0 Å². The molecule has 2 rings (SSSR count). The van der Waals surface area contributed by atoms with Gasteiger partial charge in [0.1, 0.15) is 0 Å². The third-order valence-electron chi connectivity index (χ3n) is 2.38. The molecule has 1 radical (unpaired) electrons. The third kappa shape index (κ3) is 2.33. The molecule has 0 atom stereocenters. The molecule has 0 unspecified atom stereocenters. The van der Waals surface area contributed by atoms with Crippen LogP contribution in [-0.2, 0) is 0 Å². The van der Waals surface area contributed by atoms with Crippen LogP contribution in [0.25, 0.3) is 0 Å². The molecule has 0 nitrogen and oxygen atoms in total. The minimum atomic E-state index is -1.21. The van der Waals surface area contributed by atoms with Gasteiger partial charge in [0, 0.05) is 0 Å². The molecular formula is C13H12FSi. The Hall–Kier alpha value is -1.41. The zero-order chi connectivity index (χ0) is 10.5. The first-order valence-corrected chi connectivity index (χ1v) is 6.65. The second-order valence-electron chi connectivity index (χ2n) is 3.34. The molecule has 75 valence electrons. The normalized spacial score (nSPS) is 10.5. The summed E-state index contributed by atoms with van der Waals surface area (Å²) in [5.74, 6) is 0. The summed E-state index contributed by atoms with van der Waals surface area (Å²) in [5, 5.41) is 2.27. The molecule has 0 spiro atoms.